The lowest BCUT2D eigenvalue weighted by Gasteiger charge is -2.20. The summed E-state index contributed by atoms with van der Waals surface area (Å²) in [5.41, 5.74) is 2.94. The van der Waals surface area contributed by atoms with Crippen molar-refractivity contribution >= 4 is 10.0 Å². The SMILES string of the molecule is Cc1ccc(S(=O)(=O)N[C@H]2CCO[C@@H]2c2cnn(C)c2C)cc1. The molecule has 0 aliphatic carbocycles. The molecule has 2 atom stereocenters. The van der Waals surface area contributed by atoms with Crippen molar-refractivity contribution in [3.05, 3.63) is 47.3 Å². The molecule has 2 heterocycles. The van der Waals surface area contributed by atoms with Crippen LogP contribution in [0.1, 0.15) is 29.3 Å². The smallest absolute Gasteiger partial charge is 0.240 e. The van der Waals surface area contributed by atoms with Crippen molar-refractivity contribution in [2.24, 2.45) is 7.05 Å². The lowest BCUT2D eigenvalue weighted by atomic mass is 10.0. The molecule has 124 valence electrons. The third-order valence-electron chi connectivity index (χ3n) is 4.31. The van der Waals surface area contributed by atoms with Crippen molar-refractivity contribution in [2.45, 2.75) is 37.3 Å². The minimum absolute atomic E-state index is 0.275. The highest BCUT2D eigenvalue weighted by atomic mass is 32.2. The second kappa shape index (κ2) is 6.07. The van der Waals surface area contributed by atoms with Crippen molar-refractivity contribution in [1.82, 2.24) is 14.5 Å². The van der Waals surface area contributed by atoms with Gasteiger partial charge >= 0.3 is 0 Å². The molecule has 1 aliphatic heterocycles. The van der Waals surface area contributed by atoms with Gasteiger partial charge in [0.05, 0.1) is 17.1 Å². The van der Waals surface area contributed by atoms with Gasteiger partial charge in [-0.1, -0.05) is 17.7 Å². The van der Waals surface area contributed by atoms with E-state index in [0.29, 0.717) is 13.0 Å². The van der Waals surface area contributed by atoms with Gasteiger partial charge in [0.15, 0.2) is 0 Å². The summed E-state index contributed by atoms with van der Waals surface area (Å²) in [6.07, 6.45) is 2.09. The van der Waals surface area contributed by atoms with Crippen LogP contribution in [0.3, 0.4) is 0 Å². The zero-order valence-electron chi connectivity index (χ0n) is 13.5. The first-order valence-corrected chi connectivity index (χ1v) is 9.06. The van der Waals surface area contributed by atoms with Crippen molar-refractivity contribution in [2.75, 3.05) is 6.61 Å². The standard InChI is InChI=1S/C16H21N3O3S/c1-11-4-6-13(7-5-11)23(20,21)18-15-8-9-22-16(15)14-10-17-19(3)12(14)2/h4-7,10,15-16,18H,8-9H2,1-3H3/t15-,16+/m0/s1. The minimum atomic E-state index is -3.56. The molecule has 0 radical (unpaired) electrons. The van der Waals surface area contributed by atoms with Gasteiger partial charge < -0.3 is 4.74 Å². The van der Waals surface area contributed by atoms with Crippen LogP contribution < -0.4 is 4.72 Å². The molecule has 23 heavy (non-hydrogen) atoms. The second-order valence-corrected chi connectivity index (χ2v) is 7.64. The average molecular weight is 335 g/mol. The molecule has 2 aromatic rings. The van der Waals surface area contributed by atoms with E-state index in [9.17, 15) is 8.42 Å². The molecule has 0 amide bonds. The van der Waals surface area contributed by atoms with E-state index in [-0.39, 0.29) is 17.0 Å². The van der Waals surface area contributed by atoms with E-state index < -0.39 is 10.0 Å². The molecule has 6 nitrogen and oxygen atoms in total. The number of nitrogens with zero attached hydrogens (tertiary/aromatic N) is 2. The Kier molecular flexibility index (Phi) is 4.27. The van der Waals surface area contributed by atoms with Crippen LogP contribution in [-0.2, 0) is 21.8 Å². The van der Waals surface area contributed by atoms with E-state index in [0.717, 1.165) is 16.8 Å². The summed E-state index contributed by atoms with van der Waals surface area (Å²) in [6, 6.07) is 6.55. The van der Waals surface area contributed by atoms with Crippen LogP contribution in [0.15, 0.2) is 35.4 Å². The van der Waals surface area contributed by atoms with Crippen molar-refractivity contribution < 1.29 is 13.2 Å². The summed E-state index contributed by atoms with van der Waals surface area (Å²) in [6.45, 7) is 4.41. The number of aryl methyl sites for hydroxylation is 2. The quantitative estimate of drug-likeness (QED) is 0.925. The molecule has 0 bridgehead atoms. The highest BCUT2D eigenvalue weighted by Gasteiger charge is 2.35. The molecular formula is C16H21N3O3S. The van der Waals surface area contributed by atoms with E-state index in [1.165, 1.54) is 0 Å². The highest BCUT2D eigenvalue weighted by molar-refractivity contribution is 7.89. The molecule has 0 unspecified atom stereocenters. The van der Waals surface area contributed by atoms with Gasteiger partial charge in [0.2, 0.25) is 10.0 Å². The van der Waals surface area contributed by atoms with E-state index >= 15 is 0 Å². The molecule has 3 rings (SSSR count). The molecule has 1 aliphatic rings. The predicted molar refractivity (Wildman–Crippen MR) is 86.5 cm³/mol. The van der Waals surface area contributed by atoms with Gasteiger partial charge in [-0.05, 0) is 32.4 Å². The first kappa shape index (κ1) is 16.2. The van der Waals surface area contributed by atoms with Crippen molar-refractivity contribution in [3.63, 3.8) is 0 Å². The van der Waals surface area contributed by atoms with Crippen LogP contribution in [-0.4, -0.2) is 30.8 Å². The van der Waals surface area contributed by atoms with Gasteiger partial charge in [0, 0.05) is 24.9 Å². The van der Waals surface area contributed by atoms with E-state index in [1.807, 2.05) is 20.9 Å². The second-order valence-electron chi connectivity index (χ2n) is 5.93. The third-order valence-corrected chi connectivity index (χ3v) is 5.82. The number of hydrogen-bond donors (Lipinski definition) is 1. The van der Waals surface area contributed by atoms with Gasteiger partial charge in [-0.3, -0.25) is 4.68 Å². The normalized spacial score (nSPS) is 21.7. The zero-order chi connectivity index (χ0) is 16.6. The first-order valence-electron chi connectivity index (χ1n) is 7.57. The molecule has 1 N–H and O–H groups in total. The summed E-state index contributed by atoms with van der Waals surface area (Å²) in [7, 11) is -1.70. The summed E-state index contributed by atoms with van der Waals surface area (Å²) >= 11 is 0. The lowest BCUT2D eigenvalue weighted by molar-refractivity contribution is 0.102. The molecule has 1 fully saturated rings. The number of rotatable bonds is 4. The number of ether oxygens (including phenoxy) is 1. The number of sulfonamides is 1. The molecule has 7 heteroatoms. The number of hydrogen-bond acceptors (Lipinski definition) is 4. The maximum absolute atomic E-state index is 12.6. The Balaban J connectivity index is 1.83. The fourth-order valence-electron chi connectivity index (χ4n) is 2.80. The van der Waals surface area contributed by atoms with E-state index in [4.69, 9.17) is 4.74 Å². The topological polar surface area (TPSA) is 73.2 Å². The maximum atomic E-state index is 12.6. The van der Waals surface area contributed by atoms with E-state index in [2.05, 4.69) is 9.82 Å². The summed E-state index contributed by atoms with van der Waals surface area (Å²) in [5, 5.41) is 4.22. The first-order chi connectivity index (χ1) is 10.9. The van der Waals surface area contributed by atoms with Gasteiger partial charge in [-0.25, -0.2) is 13.1 Å². The number of nitrogens with one attached hydrogen (secondary N) is 1. The Labute approximate surface area is 136 Å². The molecule has 1 saturated heterocycles. The van der Waals surface area contributed by atoms with Gasteiger partial charge in [-0.15, -0.1) is 0 Å². The van der Waals surface area contributed by atoms with Crippen LogP contribution in [0.5, 0.6) is 0 Å². The Morgan fingerprint density at radius 3 is 2.57 bits per heavy atom. The molecule has 0 spiro atoms. The van der Waals surface area contributed by atoms with E-state index in [1.54, 1.807) is 35.1 Å². The molecular weight excluding hydrogens is 314 g/mol. The molecule has 1 aromatic carbocycles. The molecule has 0 saturated carbocycles. The number of benzene rings is 1. The van der Waals surface area contributed by atoms with Crippen LogP contribution in [0.25, 0.3) is 0 Å². The minimum Gasteiger partial charge on any atom is -0.372 e. The Morgan fingerprint density at radius 2 is 1.96 bits per heavy atom. The summed E-state index contributed by atoms with van der Waals surface area (Å²) in [5.74, 6) is 0. The number of aromatic nitrogens is 2. The summed E-state index contributed by atoms with van der Waals surface area (Å²) < 4.78 is 35.5. The van der Waals surface area contributed by atoms with Crippen LogP contribution in [0, 0.1) is 13.8 Å². The highest BCUT2D eigenvalue weighted by Crippen LogP contribution is 2.31. The zero-order valence-corrected chi connectivity index (χ0v) is 14.3. The maximum Gasteiger partial charge on any atom is 0.240 e. The van der Waals surface area contributed by atoms with Crippen molar-refractivity contribution in [1.29, 1.82) is 0 Å². The average Bonchev–Trinajstić information content (AvgIpc) is 3.07. The van der Waals surface area contributed by atoms with Gasteiger partial charge in [0.25, 0.3) is 0 Å². The fraction of sp³-hybridized carbons (Fsp3) is 0.438. The largest absolute Gasteiger partial charge is 0.372 e. The lowest BCUT2D eigenvalue weighted by Crippen LogP contribution is -2.36. The van der Waals surface area contributed by atoms with Crippen LogP contribution in [0.4, 0.5) is 0 Å². The monoisotopic (exact) mass is 335 g/mol. The van der Waals surface area contributed by atoms with Gasteiger partial charge in [0.1, 0.15) is 6.10 Å². The van der Waals surface area contributed by atoms with Crippen molar-refractivity contribution in [3.8, 4) is 0 Å². The summed E-state index contributed by atoms with van der Waals surface area (Å²) in [4.78, 5) is 0.275. The Morgan fingerprint density at radius 1 is 1.26 bits per heavy atom. The third kappa shape index (κ3) is 3.17. The Bertz CT molecular complexity index is 796. The van der Waals surface area contributed by atoms with Crippen LogP contribution >= 0.6 is 0 Å². The predicted octanol–water partition coefficient (Wildman–Crippen LogP) is 1.85. The fourth-order valence-corrected chi connectivity index (χ4v) is 4.07. The van der Waals surface area contributed by atoms with Gasteiger partial charge in [-0.2, -0.15) is 5.10 Å². The Hall–Kier alpha value is -1.70. The van der Waals surface area contributed by atoms with Crippen LogP contribution in [0.2, 0.25) is 0 Å². The molecule has 1 aromatic heterocycles.